The van der Waals surface area contributed by atoms with E-state index in [1.807, 2.05) is 24.3 Å². The zero-order valence-electron chi connectivity index (χ0n) is 13.0. The van der Waals surface area contributed by atoms with Gasteiger partial charge in [0.1, 0.15) is 0 Å². The maximum atomic E-state index is 11.8. The average Bonchev–Trinajstić information content (AvgIpc) is 2.48. The number of urea groups is 1. The van der Waals surface area contributed by atoms with Crippen molar-refractivity contribution in [2.75, 3.05) is 22.8 Å². The summed E-state index contributed by atoms with van der Waals surface area (Å²) in [4.78, 5) is 11.8. The van der Waals surface area contributed by atoms with E-state index in [0.29, 0.717) is 17.9 Å². The Morgan fingerprint density at radius 2 is 1.75 bits per heavy atom. The molecular weight excluding hydrogens is 394 g/mol. The highest BCUT2D eigenvalue weighted by Crippen LogP contribution is 2.14. The Bertz CT molecular complexity index is 808. The minimum atomic E-state index is -3.31. The lowest BCUT2D eigenvalue weighted by molar-refractivity contribution is 0.252. The Labute approximate surface area is 149 Å². The van der Waals surface area contributed by atoms with Crippen molar-refractivity contribution in [3.63, 3.8) is 0 Å². The molecule has 3 N–H and O–H groups in total. The van der Waals surface area contributed by atoms with E-state index in [1.165, 1.54) is 0 Å². The van der Waals surface area contributed by atoms with E-state index in [4.69, 9.17) is 0 Å². The fourth-order valence-electron chi connectivity index (χ4n) is 2.02. The van der Waals surface area contributed by atoms with Crippen molar-refractivity contribution < 1.29 is 13.2 Å². The molecule has 8 heteroatoms. The van der Waals surface area contributed by atoms with Gasteiger partial charge in [-0.2, -0.15) is 0 Å². The molecule has 0 aliphatic rings. The molecule has 6 nitrogen and oxygen atoms in total. The number of hydrogen-bond donors (Lipinski definition) is 3. The number of hydrogen-bond acceptors (Lipinski definition) is 3. The van der Waals surface area contributed by atoms with Gasteiger partial charge in [0.15, 0.2) is 0 Å². The maximum absolute atomic E-state index is 11.8. The van der Waals surface area contributed by atoms with Crippen molar-refractivity contribution in [1.29, 1.82) is 0 Å². The number of benzene rings is 2. The Hall–Kier alpha value is -2.06. The van der Waals surface area contributed by atoms with Crippen LogP contribution in [0.15, 0.2) is 53.0 Å². The minimum Gasteiger partial charge on any atom is -0.338 e. The van der Waals surface area contributed by atoms with Crippen molar-refractivity contribution in [1.82, 2.24) is 5.32 Å². The SMILES string of the molecule is CS(=O)(=O)Nc1ccc(NC(=O)NCCc2cccc(Br)c2)cc1. The Balaban J connectivity index is 1.79. The highest BCUT2D eigenvalue weighted by Gasteiger charge is 2.04. The second-order valence-corrected chi connectivity index (χ2v) is 7.88. The van der Waals surface area contributed by atoms with Gasteiger partial charge >= 0.3 is 6.03 Å². The fourth-order valence-corrected chi connectivity index (χ4v) is 3.03. The first-order valence-corrected chi connectivity index (χ1v) is 9.87. The first-order chi connectivity index (χ1) is 11.3. The molecule has 128 valence electrons. The number of sulfonamides is 1. The number of halogens is 1. The number of carbonyl (C=O) groups excluding carboxylic acids is 1. The summed E-state index contributed by atoms with van der Waals surface area (Å²) in [6.45, 7) is 0.510. The van der Waals surface area contributed by atoms with Gasteiger partial charge in [-0.1, -0.05) is 28.1 Å². The van der Waals surface area contributed by atoms with E-state index in [-0.39, 0.29) is 6.03 Å². The van der Waals surface area contributed by atoms with Gasteiger partial charge in [-0.15, -0.1) is 0 Å². The molecule has 24 heavy (non-hydrogen) atoms. The second kappa shape index (κ2) is 8.16. The predicted molar refractivity (Wildman–Crippen MR) is 99.8 cm³/mol. The zero-order chi connectivity index (χ0) is 17.6. The Morgan fingerprint density at radius 3 is 2.38 bits per heavy atom. The topological polar surface area (TPSA) is 87.3 Å². The van der Waals surface area contributed by atoms with E-state index in [0.717, 1.165) is 22.7 Å². The van der Waals surface area contributed by atoms with Gasteiger partial charge in [-0.05, 0) is 48.4 Å². The molecule has 0 aromatic heterocycles. The summed E-state index contributed by atoms with van der Waals surface area (Å²) < 4.78 is 25.6. The molecule has 0 radical (unpaired) electrons. The summed E-state index contributed by atoms with van der Waals surface area (Å²) in [7, 11) is -3.31. The monoisotopic (exact) mass is 411 g/mol. The third kappa shape index (κ3) is 6.59. The second-order valence-electron chi connectivity index (χ2n) is 5.21. The molecule has 0 unspecified atom stereocenters. The van der Waals surface area contributed by atoms with E-state index in [2.05, 4.69) is 31.3 Å². The quantitative estimate of drug-likeness (QED) is 0.681. The van der Waals surface area contributed by atoms with Crippen LogP contribution in [0.25, 0.3) is 0 Å². The molecule has 2 aromatic carbocycles. The van der Waals surface area contributed by atoms with E-state index in [9.17, 15) is 13.2 Å². The van der Waals surface area contributed by atoms with Crippen LogP contribution in [-0.4, -0.2) is 27.2 Å². The summed E-state index contributed by atoms with van der Waals surface area (Å²) in [5, 5.41) is 5.47. The van der Waals surface area contributed by atoms with Gasteiger partial charge in [0.2, 0.25) is 10.0 Å². The zero-order valence-corrected chi connectivity index (χ0v) is 15.4. The van der Waals surface area contributed by atoms with Crippen LogP contribution in [0.5, 0.6) is 0 Å². The Kier molecular flexibility index (Phi) is 6.22. The van der Waals surface area contributed by atoms with Crippen LogP contribution in [0.1, 0.15) is 5.56 Å². The summed E-state index contributed by atoms with van der Waals surface area (Å²) in [5.74, 6) is 0. The van der Waals surface area contributed by atoms with E-state index < -0.39 is 10.0 Å². The molecule has 0 atom stereocenters. The van der Waals surface area contributed by atoms with Gasteiger partial charge in [-0.3, -0.25) is 4.72 Å². The van der Waals surface area contributed by atoms with E-state index in [1.54, 1.807) is 24.3 Å². The summed E-state index contributed by atoms with van der Waals surface area (Å²) in [6.07, 6.45) is 1.81. The largest absolute Gasteiger partial charge is 0.338 e. The molecule has 0 aliphatic carbocycles. The molecule has 0 saturated heterocycles. The lowest BCUT2D eigenvalue weighted by Gasteiger charge is -2.09. The highest BCUT2D eigenvalue weighted by atomic mass is 79.9. The predicted octanol–water partition coefficient (Wildman–Crippen LogP) is 3.18. The lowest BCUT2D eigenvalue weighted by atomic mass is 10.1. The van der Waals surface area contributed by atoms with Crippen LogP contribution in [0.3, 0.4) is 0 Å². The standard InChI is InChI=1S/C16H18BrN3O3S/c1-24(22,23)20-15-7-5-14(6-8-15)19-16(21)18-10-9-12-3-2-4-13(17)11-12/h2-8,11,20H,9-10H2,1H3,(H2,18,19,21). The lowest BCUT2D eigenvalue weighted by Crippen LogP contribution is -2.30. The number of amides is 2. The number of nitrogens with one attached hydrogen (secondary N) is 3. The molecule has 0 aliphatic heterocycles. The van der Waals surface area contributed by atoms with Gasteiger partial charge in [0.25, 0.3) is 0 Å². The smallest absolute Gasteiger partial charge is 0.319 e. The first kappa shape index (κ1) is 18.3. The van der Waals surface area contributed by atoms with Crippen LogP contribution in [-0.2, 0) is 16.4 Å². The summed E-state index contributed by atoms with van der Waals surface area (Å²) in [6, 6.07) is 14.0. The van der Waals surface area contributed by atoms with Crippen LogP contribution >= 0.6 is 15.9 Å². The first-order valence-electron chi connectivity index (χ1n) is 7.19. The van der Waals surface area contributed by atoms with Crippen LogP contribution in [0, 0.1) is 0 Å². The van der Waals surface area contributed by atoms with Crippen LogP contribution in [0.2, 0.25) is 0 Å². The maximum Gasteiger partial charge on any atom is 0.319 e. The number of rotatable bonds is 6. The van der Waals surface area contributed by atoms with Crippen molar-refractivity contribution in [3.05, 3.63) is 58.6 Å². The highest BCUT2D eigenvalue weighted by molar-refractivity contribution is 9.10. The van der Waals surface area contributed by atoms with E-state index >= 15 is 0 Å². The summed E-state index contributed by atoms with van der Waals surface area (Å²) in [5.41, 5.74) is 2.15. The van der Waals surface area contributed by atoms with Crippen LogP contribution in [0.4, 0.5) is 16.2 Å². The van der Waals surface area contributed by atoms with Crippen molar-refractivity contribution in [3.8, 4) is 0 Å². The third-order valence-electron chi connectivity index (χ3n) is 3.03. The molecule has 0 bridgehead atoms. The molecular formula is C16H18BrN3O3S. The van der Waals surface area contributed by atoms with Gasteiger partial charge in [0.05, 0.1) is 6.26 Å². The van der Waals surface area contributed by atoms with Crippen molar-refractivity contribution in [2.24, 2.45) is 0 Å². The third-order valence-corrected chi connectivity index (χ3v) is 4.13. The normalized spacial score (nSPS) is 10.9. The number of anilines is 2. The molecule has 0 spiro atoms. The van der Waals surface area contributed by atoms with Crippen molar-refractivity contribution >= 4 is 43.4 Å². The molecule has 0 fully saturated rings. The molecule has 0 heterocycles. The average molecular weight is 412 g/mol. The summed E-state index contributed by atoms with van der Waals surface area (Å²) >= 11 is 3.41. The Morgan fingerprint density at radius 1 is 1.08 bits per heavy atom. The van der Waals surface area contributed by atoms with Gasteiger partial charge in [-0.25, -0.2) is 13.2 Å². The minimum absolute atomic E-state index is 0.311. The molecule has 2 rings (SSSR count). The van der Waals surface area contributed by atoms with Crippen LogP contribution < -0.4 is 15.4 Å². The van der Waals surface area contributed by atoms with Gasteiger partial charge in [0, 0.05) is 22.4 Å². The number of carbonyl (C=O) groups is 1. The fraction of sp³-hybridized carbons (Fsp3) is 0.188. The molecule has 0 saturated carbocycles. The molecule has 2 amide bonds. The van der Waals surface area contributed by atoms with Crippen molar-refractivity contribution in [2.45, 2.75) is 6.42 Å². The van der Waals surface area contributed by atoms with Gasteiger partial charge < -0.3 is 10.6 Å². The molecule has 2 aromatic rings.